The molecule has 70 valence electrons. The summed E-state index contributed by atoms with van der Waals surface area (Å²) in [6, 6.07) is 0. The molecule has 1 unspecified atom stereocenters. The van der Waals surface area contributed by atoms with Crippen LogP contribution in [0.3, 0.4) is 0 Å². The van der Waals surface area contributed by atoms with Gasteiger partial charge in [-0.15, -0.1) is 24.0 Å². The van der Waals surface area contributed by atoms with Crippen LogP contribution in [0.4, 0.5) is 0 Å². The van der Waals surface area contributed by atoms with Crippen molar-refractivity contribution in [2.24, 2.45) is 5.16 Å². The van der Waals surface area contributed by atoms with Gasteiger partial charge in [0.15, 0.2) is 0 Å². The first-order valence-corrected chi connectivity index (χ1v) is 4.09. The Morgan fingerprint density at radius 3 is 3.00 bits per heavy atom. The summed E-state index contributed by atoms with van der Waals surface area (Å²) in [5.41, 5.74) is 0.888. The Balaban J connectivity index is 0.00000121. The van der Waals surface area contributed by atoms with E-state index in [1.807, 2.05) is 0 Å². The van der Waals surface area contributed by atoms with E-state index < -0.39 is 0 Å². The van der Waals surface area contributed by atoms with Gasteiger partial charge in [0.25, 0.3) is 0 Å². The van der Waals surface area contributed by atoms with E-state index in [0.717, 1.165) is 31.5 Å². The number of alkyl halides is 1. The van der Waals surface area contributed by atoms with Crippen molar-refractivity contribution < 1.29 is 5.21 Å². The van der Waals surface area contributed by atoms with Gasteiger partial charge >= 0.3 is 0 Å². The Bertz CT molecular complexity index is 190. The second-order valence-corrected chi connectivity index (χ2v) is 3.02. The normalized spacial score (nSPS) is 23.4. The largest absolute Gasteiger partial charge is 0.404 e. The minimum atomic E-state index is -0.0269. The highest BCUT2D eigenvalue weighted by atomic mass is 35.5. The van der Waals surface area contributed by atoms with Gasteiger partial charge in [-0.05, 0) is 31.1 Å². The maximum atomic E-state index is 8.24. The molecule has 1 aliphatic heterocycles. The van der Waals surface area contributed by atoms with E-state index in [4.69, 9.17) is 16.8 Å². The summed E-state index contributed by atoms with van der Waals surface area (Å²) in [6.45, 7) is 1.81. The van der Waals surface area contributed by atoms with Crippen molar-refractivity contribution in [3.63, 3.8) is 0 Å². The van der Waals surface area contributed by atoms with Crippen molar-refractivity contribution in [3.05, 3.63) is 5.57 Å². The maximum absolute atomic E-state index is 8.24. The highest BCUT2D eigenvalue weighted by molar-refractivity contribution is 6.23. The molecule has 0 aromatic heterocycles. The van der Waals surface area contributed by atoms with Gasteiger partial charge in [0.05, 0.1) is 5.38 Å². The molecule has 1 aliphatic rings. The molecule has 12 heavy (non-hydrogen) atoms. The molecule has 0 aromatic rings. The van der Waals surface area contributed by atoms with Crippen LogP contribution >= 0.6 is 24.0 Å². The van der Waals surface area contributed by atoms with Crippen LogP contribution in [0, 0.1) is 0 Å². The van der Waals surface area contributed by atoms with Crippen LogP contribution in [-0.4, -0.2) is 29.5 Å². The van der Waals surface area contributed by atoms with Crippen molar-refractivity contribution >= 4 is 29.9 Å². The number of nitrogens with zero attached hydrogens (tertiary/aromatic N) is 1. The van der Waals surface area contributed by atoms with Gasteiger partial charge in [-0.3, -0.25) is 0 Å². The zero-order valence-corrected chi connectivity index (χ0v) is 8.16. The minimum Gasteiger partial charge on any atom is -0.404 e. The number of halogens is 2. The van der Waals surface area contributed by atoms with Gasteiger partial charge in [0.1, 0.15) is 0 Å². The maximum Gasteiger partial charge on any atom is 0.0648 e. The predicted octanol–water partition coefficient (Wildman–Crippen LogP) is 1.38. The standard InChI is InChI=1S/C7H11ClN2O.ClH/c8-7-2-4-9-3-1-6(7)5-10-11;/h7,9,11H,1-4H2;1H. The van der Waals surface area contributed by atoms with E-state index in [0.29, 0.717) is 0 Å². The average Bonchev–Trinajstić information content (AvgIpc) is 2.18. The topological polar surface area (TPSA) is 44.6 Å². The molecule has 1 saturated heterocycles. The minimum absolute atomic E-state index is 0. The Kier molecular flexibility index (Phi) is 6.21. The summed E-state index contributed by atoms with van der Waals surface area (Å²) in [7, 11) is 0. The molecule has 1 rings (SSSR count). The second kappa shape index (κ2) is 6.32. The molecule has 0 amide bonds. The Morgan fingerprint density at radius 1 is 1.58 bits per heavy atom. The first-order chi connectivity index (χ1) is 5.34. The Labute approximate surface area is 82.9 Å². The molecule has 0 aromatic carbocycles. The van der Waals surface area contributed by atoms with Crippen molar-refractivity contribution in [1.29, 1.82) is 0 Å². The van der Waals surface area contributed by atoms with Gasteiger partial charge in [0.2, 0.25) is 0 Å². The number of hydrogen-bond acceptors (Lipinski definition) is 3. The van der Waals surface area contributed by atoms with Crippen LogP contribution in [0.2, 0.25) is 0 Å². The summed E-state index contributed by atoms with van der Waals surface area (Å²) in [4.78, 5) is 0. The summed E-state index contributed by atoms with van der Waals surface area (Å²) in [5.74, 6) is 2.50. The molecule has 1 atom stereocenters. The van der Waals surface area contributed by atoms with Crippen LogP contribution in [-0.2, 0) is 0 Å². The summed E-state index contributed by atoms with van der Waals surface area (Å²) in [5, 5.41) is 14.3. The van der Waals surface area contributed by atoms with Crippen LogP contribution in [0.1, 0.15) is 12.8 Å². The molecule has 1 fully saturated rings. The summed E-state index contributed by atoms with van der Waals surface area (Å²) < 4.78 is 0. The smallest absolute Gasteiger partial charge is 0.0648 e. The zero-order chi connectivity index (χ0) is 8.10. The van der Waals surface area contributed by atoms with Crippen LogP contribution in [0.15, 0.2) is 10.7 Å². The number of rotatable bonds is 0. The highest BCUT2D eigenvalue weighted by Gasteiger charge is 2.13. The molecule has 0 radical (unpaired) electrons. The number of nitrogens with one attached hydrogen (secondary N) is 1. The van der Waals surface area contributed by atoms with Crippen molar-refractivity contribution in [3.8, 4) is 0 Å². The zero-order valence-electron chi connectivity index (χ0n) is 6.59. The van der Waals surface area contributed by atoms with Gasteiger partial charge < -0.3 is 10.5 Å². The average molecular weight is 211 g/mol. The third kappa shape index (κ3) is 3.46. The van der Waals surface area contributed by atoms with E-state index >= 15 is 0 Å². The Hall–Kier alpha value is -0.210. The van der Waals surface area contributed by atoms with E-state index in [1.165, 1.54) is 0 Å². The summed E-state index contributed by atoms with van der Waals surface area (Å²) >= 11 is 5.96. The fourth-order valence-electron chi connectivity index (χ4n) is 1.10. The lowest BCUT2D eigenvalue weighted by Crippen LogP contribution is -2.13. The lowest BCUT2D eigenvalue weighted by Gasteiger charge is -2.03. The van der Waals surface area contributed by atoms with Crippen LogP contribution in [0.5, 0.6) is 0 Å². The molecule has 2 N–H and O–H groups in total. The first-order valence-electron chi connectivity index (χ1n) is 3.65. The predicted molar refractivity (Wildman–Crippen MR) is 51.7 cm³/mol. The molecular weight excluding hydrogens is 199 g/mol. The molecular formula is C7H12Cl2N2O. The van der Waals surface area contributed by atoms with Crippen molar-refractivity contribution in [2.45, 2.75) is 18.2 Å². The van der Waals surface area contributed by atoms with Crippen LogP contribution < -0.4 is 5.32 Å². The van der Waals surface area contributed by atoms with Gasteiger partial charge in [-0.1, -0.05) is 0 Å². The number of hydrogen-bond donors (Lipinski definition) is 2. The molecule has 1 heterocycles. The quantitative estimate of drug-likeness (QED) is 0.275. The third-order valence-electron chi connectivity index (χ3n) is 1.72. The van der Waals surface area contributed by atoms with Crippen molar-refractivity contribution in [1.82, 2.24) is 5.32 Å². The third-order valence-corrected chi connectivity index (χ3v) is 2.20. The summed E-state index contributed by atoms with van der Waals surface area (Å²) in [6.07, 6.45) is 1.69. The first kappa shape index (κ1) is 11.8. The lowest BCUT2D eigenvalue weighted by molar-refractivity contribution is 0.322. The van der Waals surface area contributed by atoms with E-state index in [9.17, 15) is 0 Å². The van der Waals surface area contributed by atoms with Gasteiger partial charge in [0, 0.05) is 11.4 Å². The molecule has 0 aliphatic carbocycles. The molecule has 0 spiro atoms. The fraction of sp³-hybridized carbons (Fsp3) is 0.714. The molecule has 5 heteroatoms. The molecule has 0 saturated carbocycles. The van der Waals surface area contributed by atoms with E-state index in [1.54, 1.807) is 0 Å². The highest BCUT2D eigenvalue weighted by Crippen LogP contribution is 2.16. The Morgan fingerprint density at radius 2 is 2.33 bits per heavy atom. The van der Waals surface area contributed by atoms with E-state index in [2.05, 4.69) is 16.3 Å². The molecule has 0 bridgehead atoms. The second-order valence-electron chi connectivity index (χ2n) is 2.49. The monoisotopic (exact) mass is 210 g/mol. The van der Waals surface area contributed by atoms with Gasteiger partial charge in [-0.25, -0.2) is 0 Å². The SMILES string of the molecule is Cl.ON=C=C1CCNCCC1Cl. The van der Waals surface area contributed by atoms with E-state index in [-0.39, 0.29) is 17.8 Å². The molecule has 3 nitrogen and oxygen atoms in total. The van der Waals surface area contributed by atoms with Crippen molar-refractivity contribution in [2.75, 3.05) is 13.1 Å². The van der Waals surface area contributed by atoms with Crippen LogP contribution in [0.25, 0.3) is 0 Å². The lowest BCUT2D eigenvalue weighted by atomic mass is 10.1. The van der Waals surface area contributed by atoms with Gasteiger partial charge in [-0.2, -0.15) is 0 Å². The fourth-order valence-corrected chi connectivity index (χ4v) is 1.36.